The first-order valence-electron chi connectivity index (χ1n) is 5.91. The van der Waals surface area contributed by atoms with Crippen molar-refractivity contribution in [1.29, 1.82) is 0 Å². The third-order valence-electron chi connectivity index (χ3n) is 2.69. The number of rotatable bonds is 5. The van der Waals surface area contributed by atoms with E-state index in [9.17, 15) is 0 Å². The van der Waals surface area contributed by atoms with Crippen LogP contribution in [0.25, 0.3) is 0 Å². The molecule has 2 heterocycles. The molecule has 5 heteroatoms. The van der Waals surface area contributed by atoms with Gasteiger partial charge in [-0.2, -0.15) is 0 Å². The van der Waals surface area contributed by atoms with Crippen molar-refractivity contribution < 1.29 is 0 Å². The van der Waals surface area contributed by atoms with E-state index in [2.05, 4.69) is 40.2 Å². The number of hydrogen-bond acceptors (Lipinski definition) is 5. The molecule has 0 amide bonds. The standard InChI is InChI=1S/C13H18N4S/c1-10-12(8-14-2)18-13(16-10)17(3)9-11-5-4-6-15-7-11/h4-7,14H,8-9H2,1-3H3. The monoisotopic (exact) mass is 262 g/mol. The van der Waals surface area contributed by atoms with Gasteiger partial charge in [-0.1, -0.05) is 6.07 Å². The van der Waals surface area contributed by atoms with Crippen molar-refractivity contribution in [2.45, 2.75) is 20.0 Å². The molecule has 0 saturated carbocycles. The summed E-state index contributed by atoms with van der Waals surface area (Å²) in [7, 11) is 4.02. The highest BCUT2D eigenvalue weighted by Gasteiger charge is 2.10. The van der Waals surface area contributed by atoms with Crippen LogP contribution in [0, 0.1) is 6.92 Å². The van der Waals surface area contributed by atoms with E-state index in [4.69, 9.17) is 0 Å². The molecule has 2 rings (SSSR count). The van der Waals surface area contributed by atoms with E-state index in [-0.39, 0.29) is 0 Å². The molecule has 0 radical (unpaired) electrons. The topological polar surface area (TPSA) is 41.0 Å². The summed E-state index contributed by atoms with van der Waals surface area (Å²) in [5.74, 6) is 0. The minimum Gasteiger partial charge on any atom is -0.347 e. The van der Waals surface area contributed by atoms with E-state index in [0.717, 1.165) is 23.9 Å². The Hall–Kier alpha value is -1.46. The van der Waals surface area contributed by atoms with Gasteiger partial charge >= 0.3 is 0 Å². The fraction of sp³-hybridized carbons (Fsp3) is 0.385. The number of nitrogens with one attached hydrogen (secondary N) is 1. The lowest BCUT2D eigenvalue weighted by Crippen LogP contribution is -2.16. The number of anilines is 1. The fourth-order valence-corrected chi connectivity index (χ4v) is 2.77. The molecule has 0 atom stereocenters. The molecule has 1 N–H and O–H groups in total. The molecule has 0 aliphatic heterocycles. The maximum atomic E-state index is 4.61. The van der Waals surface area contributed by atoms with Gasteiger partial charge in [-0.15, -0.1) is 11.3 Å². The van der Waals surface area contributed by atoms with Gasteiger partial charge in [-0.25, -0.2) is 4.98 Å². The van der Waals surface area contributed by atoms with Gasteiger partial charge in [0.15, 0.2) is 5.13 Å². The third-order valence-corrected chi connectivity index (χ3v) is 3.96. The predicted molar refractivity (Wildman–Crippen MR) is 76.0 cm³/mol. The molecule has 96 valence electrons. The number of aromatic nitrogens is 2. The summed E-state index contributed by atoms with van der Waals surface area (Å²) in [6.07, 6.45) is 3.69. The van der Waals surface area contributed by atoms with Crippen LogP contribution in [0.15, 0.2) is 24.5 Å². The molecule has 0 bridgehead atoms. The van der Waals surface area contributed by atoms with Crippen molar-refractivity contribution in [2.75, 3.05) is 19.0 Å². The first kappa shape index (κ1) is 13.0. The van der Waals surface area contributed by atoms with Crippen molar-refractivity contribution >= 4 is 16.5 Å². The second kappa shape index (κ2) is 5.93. The maximum absolute atomic E-state index is 4.61. The Labute approximate surface area is 112 Å². The molecule has 0 spiro atoms. The molecule has 0 aliphatic carbocycles. The normalized spacial score (nSPS) is 10.6. The molecule has 0 aromatic carbocycles. The lowest BCUT2D eigenvalue weighted by atomic mass is 10.3. The lowest BCUT2D eigenvalue weighted by Gasteiger charge is -2.15. The van der Waals surface area contributed by atoms with Crippen LogP contribution in [-0.2, 0) is 13.1 Å². The van der Waals surface area contributed by atoms with E-state index in [1.54, 1.807) is 17.5 Å². The molecule has 2 aromatic rings. The number of hydrogen-bond donors (Lipinski definition) is 1. The van der Waals surface area contributed by atoms with Gasteiger partial charge in [0.25, 0.3) is 0 Å². The number of thiazole rings is 1. The first-order chi connectivity index (χ1) is 8.70. The number of nitrogens with zero attached hydrogens (tertiary/aromatic N) is 3. The van der Waals surface area contributed by atoms with Gasteiger partial charge in [0.1, 0.15) is 0 Å². The smallest absolute Gasteiger partial charge is 0.185 e. The molecule has 0 fully saturated rings. The Bertz CT molecular complexity index is 495. The van der Waals surface area contributed by atoms with Crippen LogP contribution in [0.4, 0.5) is 5.13 Å². The van der Waals surface area contributed by atoms with E-state index < -0.39 is 0 Å². The molecule has 0 aliphatic rings. The van der Waals surface area contributed by atoms with Crippen LogP contribution in [0.3, 0.4) is 0 Å². The minimum absolute atomic E-state index is 0.833. The second-order valence-electron chi connectivity index (χ2n) is 4.25. The van der Waals surface area contributed by atoms with Crippen LogP contribution >= 0.6 is 11.3 Å². The number of aryl methyl sites for hydroxylation is 1. The second-order valence-corrected chi connectivity index (χ2v) is 5.31. The molecule has 2 aromatic heterocycles. The summed E-state index contributed by atoms with van der Waals surface area (Å²) < 4.78 is 0. The summed E-state index contributed by atoms with van der Waals surface area (Å²) in [6.45, 7) is 3.77. The minimum atomic E-state index is 0.833. The summed E-state index contributed by atoms with van der Waals surface area (Å²) in [4.78, 5) is 12.2. The first-order valence-corrected chi connectivity index (χ1v) is 6.73. The average molecular weight is 262 g/mol. The largest absolute Gasteiger partial charge is 0.347 e. The predicted octanol–water partition coefficient (Wildman–Crippen LogP) is 2.20. The molecular formula is C13H18N4S. The van der Waals surface area contributed by atoms with Crippen molar-refractivity contribution in [3.05, 3.63) is 40.7 Å². The molecule has 18 heavy (non-hydrogen) atoms. The third kappa shape index (κ3) is 3.05. The SMILES string of the molecule is CNCc1sc(N(C)Cc2cccnc2)nc1C. The summed E-state index contributed by atoms with van der Waals surface area (Å²) in [5, 5.41) is 4.23. The molecule has 4 nitrogen and oxygen atoms in total. The Kier molecular flexibility index (Phi) is 4.28. The van der Waals surface area contributed by atoms with Gasteiger partial charge in [0.05, 0.1) is 5.69 Å². The lowest BCUT2D eigenvalue weighted by molar-refractivity contribution is 0.822. The van der Waals surface area contributed by atoms with Gasteiger partial charge < -0.3 is 10.2 Å². The van der Waals surface area contributed by atoms with E-state index in [1.165, 1.54) is 10.4 Å². The maximum Gasteiger partial charge on any atom is 0.185 e. The summed E-state index contributed by atoms with van der Waals surface area (Å²) in [5.41, 5.74) is 2.31. The Morgan fingerprint density at radius 2 is 2.28 bits per heavy atom. The van der Waals surface area contributed by atoms with Crippen LogP contribution in [-0.4, -0.2) is 24.1 Å². The highest BCUT2D eigenvalue weighted by Crippen LogP contribution is 2.26. The van der Waals surface area contributed by atoms with Crippen LogP contribution in [0.5, 0.6) is 0 Å². The van der Waals surface area contributed by atoms with Crippen molar-refractivity contribution in [3.8, 4) is 0 Å². The average Bonchev–Trinajstić information content (AvgIpc) is 2.73. The van der Waals surface area contributed by atoms with E-state index in [0.29, 0.717) is 0 Å². The quantitative estimate of drug-likeness (QED) is 0.897. The van der Waals surface area contributed by atoms with E-state index in [1.807, 2.05) is 19.3 Å². The molecule has 0 unspecified atom stereocenters. The highest BCUT2D eigenvalue weighted by atomic mass is 32.1. The van der Waals surface area contributed by atoms with Gasteiger partial charge in [0, 0.05) is 37.4 Å². The zero-order chi connectivity index (χ0) is 13.0. The highest BCUT2D eigenvalue weighted by molar-refractivity contribution is 7.15. The van der Waals surface area contributed by atoms with Crippen LogP contribution in [0.1, 0.15) is 16.1 Å². The Morgan fingerprint density at radius 3 is 2.94 bits per heavy atom. The van der Waals surface area contributed by atoms with Crippen molar-refractivity contribution in [2.24, 2.45) is 0 Å². The van der Waals surface area contributed by atoms with Crippen molar-refractivity contribution in [3.63, 3.8) is 0 Å². The molecule has 0 saturated heterocycles. The fourth-order valence-electron chi connectivity index (χ4n) is 1.73. The number of pyridine rings is 1. The van der Waals surface area contributed by atoms with Crippen molar-refractivity contribution in [1.82, 2.24) is 15.3 Å². The van der Waals surface area contributed by atoms with E-state index >= 15 is 0 Å². The van der Waals surface area contributed by atoms with Gasteiger partial charge in [-0.3, -0.25) is 4.98 Å². The van der Waals surface area contributed by atoms with Crippen LogP contribution in [0.2, 0.25) is 0 Å². The van der Waals surface area contributed by atoms with Gasteiger partial charge in [0.2, 0.25) is 0 Å². The Morgan fingerprint density at radius 1 is 1.44 bits per heavy atom. The molecular weight excluding hydrogens is 244 g/mol. The zero-order valence-corrected chi connectivity index (χ0v) is 11.8. The Balaban J connectivity index is 2.09. The summed E-state index contributed by atoms with van der Waals surface area (Å²) >= 11 is 1.74. The van der Waals surface area contributed by atoms with Crippen LogP contribution < -0.4 is 10.2 Å². The summed E-state index contributed by atoms with van der Waals surface area (Å²) in [6, 6.07) is 4.04. The van der Waals surface area contributed by atoms with Gasteiger partial charge in [-0.05, 0) is 25.6 Å². The zero-order valence-electron chi connectivity index (χ0n) is 11.0.